The molecule has 126 valence electrons. The van der Waals surface area contributed by atoms with E-state index in [4.69, 9.17) is 9.47 Å². The smallest absolute Gasteiger partial charge is 0.315 e. The van der Waals surface area contributed by atoms with Gasteiger partial charge in [-0.15, -0.1) is 0 Å². The van der Waals surface area contributed by atoms with Crippen LogP contribution in [0.5, 0.6) is 11.5 Å². The Morgan fingerprint density at radius 3 is 2.78 bits per heavy atom. The molecule has 3 rings (SSSR count). The number of rotatable bonds is 4. The van der Waals surface area contributed by atoms with Gasteiger partial charge in [0.05, 0.1) is 6.54 Å². The molecule has 0 radical (unpaired) electrons. The molecule has 1 aliphatic carbocycles. The zero-order chi connectivity index (χ0) is 16.3. The third-order valence-corrected chi connectivity index (χ3v) is 4.53. The summed E-state index contributed by atoms with van der Waals surface area (Å²) in [6, 6.07) is 5.34. The molecular formula is C17H24N2O4. The molecule has 0 unspecified atom stereocenters. The molecule has 23 heavy (non-hydrogen) atoms. The second-order valence-corrected chi connectivity index (χ2v) is 6.50. The molecule has 1 heterocycles. The van der Waals surface area contributed by atoms with Gasteiger partial charge in [-0.2, -0.15) is 0 Å². The SMILES string of the molecule is C[C@@](O)(CNC(=O)NC1CCCCC1)c1ccc2c(c1)OCO2. The lowest BCUT2D eigenvalue weighted by molar-refractivity contribution is 0.0589. The molecule has 6 nitrogen and oxygen atoms in total. The van der Waals surface area contributed by atoms with Gasteiger partial charge in [-0.3, -0.25) is 0 Å². The second kappa shape index (κ2) is 6.66. The van der Waals surface area contributed by atoms with E-state index in [2.05, 4.69) is 10.6 Å². The van der Waals surface area contributed by atoms with E-state index in [1.807, 2.05) is 0 Å². The van der Waals surface area contributed by atoms with E-state index < -0.39 is 5.60 Å². The highest BCUT2D eigenvalue weighted by molar-refractivity contribution is 5.74. The maximum atomic E-state index is 12.0. The summed E-state index contributed by atoms with van der Waals surface area (Å²) < 4.78 is 10.6. The van der Waals surface area contributed by atoms with Gasteiger partial charge in [-0.1, -0.05) is 25.3 Å². The highest BCUT2D eigenvalue weighted by atomic mass is 16.7. The van der Waals surface area contributed by atoms with Crippen LogP contribution in [-0.2, 0) is 5.60 Å². The first-order chi connectivity index (χ1) is 11.0. The number of urea groups is 1. The first-order valence-electron chi connectivity index (χ1n) is 8.21. The number of hydrogen-bond donors (Lipinski definition) is 3. The number of carbonyl (C=O) groups is 1. The van der Waals surface area contributed by atoms with Crippen molar-refractivity contribution in [3.05, 3.63) is 23.8 Å². The van der Waals surface area contributed by atoms with Crippen molar-refractivity contribution in [2.45, 2.75) is 50.7 Å². The van der Waals surface area contributed by atoms with Crippen LogP contribution in [0.3, 0.4) is 0 Å². The number of nitrogens with one attached hydrogen (secondary N) is 2. The van der Waals surface area contributed by atoms with E-state index >= 15 is 0 Å². The van der Waals surface area contributed by atoms with E-state index in [-0.39, 0.29) is 25.4 Å². The zero-order valence-corrected chi connectivity index (χ0v) is 13.4. The normalized spacial score (nSPS) is 19.9. The standard InChI is InChI=1S/C17H24N2O4/c1-17(21,12-7-8-14-15(9-12)23-11-22-14)10-18-16(20)19-13-5-3-2-4-6-13/h7-9,13,21H,2-6,10-11H2,1H3,(H2,18,19,20)/t17-/m1/s1. The summed E-state index contributed by atoms with van der Waals surface area (Å²) in [6.07, 6.45) is 5.65. The van der Waals surface area contributed by atoms with Gasteiger partial charge < -0.3 is 25.2 Å². The summed E-state index contributed by atoms with van der Waals surface area (Å²) >= 11 is 0. The van der Waals surface area contributed by atoms with Crippen molar-refractivity contribution >= 4 is 6.03 Å². The first-order valence-corrected chi connectivity index (χ1v) is 8.21. The van der Waals surface area contributed by atoms with Crippen LogP contribution >= 0.6 is 0 Å². The van der Waals surface area contributed by atoms with Gasteiger partial charge in [0.15, 0.2) is 11.5 Å². The van der Waals surface area contributed by atoms with Crippen molar-refractivity contribution in [3.8, 4) is 11.5 Å². The van der Waals surface area contributed by atoms with Crippen molar-refractivity contribution in [1.82, 2.24) is 10.6 Å². The number of amides is 2. The largest absolute Gasteiger partial charge is 0.454 e. The molecule has 1 saturated carbocycles. The summed E-state index contributed by atoms with van der Waals surface area (Å²) in [4.78, 5) is 12.0. The van der Waals surface area contributed by atoms with Crippen molar-refractivity contribution < 1.29 is 19.4 Å². The Balaban J connectivity index is 1.54. The van der Waals surface area contributed by atoms with E-state index in [0.29, 0.717) is 17.1 Å². The molecule has 0 aromatic heterocycles. The molecule has 1 aromatic rings. The van der Waals surface area contributed by atoms with Crippen LogP contribution in [0.1, 0.15) is 44.6 Å². The highest BCUT2D eigenvalue weighted by Crippen LogP contribution is 2.35. The van der Waals surface area contributed by atoms with Gasteiger partial charge in [0.1, 0.15) is 5.60 Å². The summed E-state index contributed by atoms with van der Waals surface area (Å²) in [7, 11) is 0. The lowest BCUT2D eigenvalue weighted by Crippen LogP contribution is -2.47. The minimum absolute atomic E-state index is 0.130. The number of benzene rings is 1. The van der Waals surface area contributed by atoms with E-state index in [1.54, 1.807) is 25.1 Å². The van der Waals surface area contributed by atoms with Crippen molar-refractivity contribution in [1.29, 1.82) is 0 Å². The molecule has 1 atom stereocenters. The molecule has 1 aliphatic heterocycles. The quantitative estimate of drug-likeness (QED) is 0.795. The molecule has 0 bridgehead atoms. The number of fused-ring (bicyclic) bond motifs is 1. The van der Waals surface area contributed by atoms with Crippen molar-refractivity contribution in [3.63, 3.8) is 0 Å². The van der Waals surface area contributed by atoms with Crippen LogP contribution in [0.25, 0.3) is 0 Å². The van der Waals surface area contributed by atoms with Crippen LogP contribution in [0.15, 0.2) is 18.2 Å². The third-order valence-electron chi connectivity index (χ3n) is 4.53. The summed E-state index contributed by atoms with van der Waals surface area (Å²) in [5, 5.41) is 16.4. The Morgan fingerprint density at radius 2 is 2.00 bits per heavy atom. The number of ether oxygens (including phenoxy) is 2. The number of carbonyl (C=O) groups excluding carboxylic acids is 1. The van der Waals surface area contributed by atoms with Crippen LogP contribution in [0.4, 0.5) is 4.79 Å². The average molecular weight is 320 g/mol. The minimum atomic E-state index is -1.18. The van der Waals surface area contributed by atoms with Gasteiger partial charge in [0.2, 0.25) is 6.79 Å². The fraction of sp³-hybridized carbons (Fsp3) is 0.588. The van der Waals surface area contributed by atoms with Crippen molar-refractivity contribution in [2.24, 2.45) is 0 Å². The molecule has 2 amide bonds. The predicted octanol–water partition coefficient (Wildman–Crippen LogP) is 2.25. The summed E-state index contributed by atoms with van der Waals surface area (Å²) in [6.45, 7) is 2.00. The number of aliphatic hydroxyl groups is 1. The maximum absolute atomic E-state index is 12.0. The molecule has 0 spiro atoms. The highest BCUT2D eigenvalue weighted by Gasteiger charge is 2.27. The topological polar surface area (TPSA) is 79.8 Å². The lowest BCUT2D eigenvalue weighted by Gasteiger charge is -2.26. The Bertz CT molecular complexity index is 568. The average Bonchev–Trinajstić information content (AvgIpc) is 3.02. The fourth-order valence-electron chi connectivity index (χ4n) is 3.07. The summed E-state index contributed by atoms with van der Waals surface area (Å²) in [5.74, 6) is 1.29. The van der Waals surface area contributed by atoms with Gasteiger partial charge >= 0.3 is 6.03 Å². The molecule has 2 aliphatic rings. The van der Waals surface area contributed by atoms with E-state index in [0.717, 1.165) is 12.8 Å². The van der Waals surface area contributed by atoms with E-state index in [9.17, 15) is 9.90 Å². The lowest BCUT2D eigenvalue weighted by atomic mass is 9.95. The molecule has 0 saturated heterocycles. The molecule has 3 N–H and O–H groups in total. The maximum Gasteiger partial charge on any atom is 0.315 e. The van der Waals surface area contributed by atoms with Gasteiger partial charge in [-0.05, 0) is 37.5 Å². The minimum Gasteiger partial charge on any atom is -0.454 e. The third kappa shape index (κ3) is 3.88. The molecular weight excluding hydrogens is 296 g/mol. The van der Waals surface area contributed by atoms with Gasteiger partial charge in [0.25, 0.3) is 0 Å². The monoisotopic (exact) mass is 320 g/mol. The van der Waals surface area contributed by atoms with Gasteiger partial charge in [0, 0.05) is 6.04 Å². The van der Waals surface area contributed by atoms with E-state index in [1.165, 1.54) is 19.3 Å². The Labute approximate surface area is 136 Å². The second-order valence-electron chi connectivity index (χ2n) is 6.50. The van der Waals surface area contributed by atoms with Crippen molar-refractivity contribution in [2.75, 3.05) is 13.3 Å². The first kappa shape index (κ1) is 15.9. The molecule has 6 heteroatoms. The fourth-order valence-corrected chi connectivity index (χ4v) is 3.07. The molecule has 1 aromatic carbocycles. The number of hydrogen-bond acceptors (Lipinski definition) is 4. The Morgan fingerprint density at radius 1 is 1.26 bits per heavy atom. The van der Waals surface area contributed by atoms with Crippen LogP contribution in [0, 0.1) is 0 Å². The van der Waals surface area contributed by atoms with Gasteiger partial charge in [-0.25, -0.2) is 4.79 Å². The molecule has 1 fully saturated rings. The van der Waals surface area contributed by atoms with Crippen LogP contribution in [-0.4, -0.2) is 30.5 Å². The summed E-state index contributed by atoms with van der Waals surface area (Å²) in [5.41, 5.74) is -0.495. The Hall–Kier alpha value is -1.95. The zero-order valence-electron chi connectivity index (χ0n) is 13.4. The van der Waals surface area contributed by atoms with Crippen LogP contribution < -0.4 is 20.1 Å². The Kier molecular flexibility index (Phi) is 4.61. The van der Waals surface area contributed by atoms with Crippen LogP contribution in [0.2, 0.25) is 0 Å². The predicted molar refractivity (Wildman–Crippen MR) is 85.5 cm³/mol.